The third-order valence-corrected chi connectivity index (χ3v) is 1.25. The molecule has 0 amide bonds. The molecule has 0 aliphatic heterocycles. The fourth-order valence-corrected chi connectivity index (χ4v) is 0.695. The Morgan fingerprint density at radius 1 is 1.64 bits per heavy atom. The van der Waals surface area contributed by atoms with E-state index in [9.17, 15) is 14.9 Å². The number of aromatic amines is 1. The van der Waals surface area contributed by atoms with Gasteiger partial charge in [-0.25, -0.2) is 4.98 Å². The Bertz CT molecular complexity index is 274. The van der Waals surface area contributed by atoms with Gasteiger partial charge in [0.2, 0.25) is 0 Å². The number of carbonyl (C=O) groups is 1. The average molecular weight is 154 g/mol. The minimum absolute atomic E-state index is 0.157. The molecule has 1 rings (SSSR count). The molecule has 0 radical (unpaired) electrons. The van der Waals surface area contributed by atoms with Gasteiger partial charge in [-0.2, -0.15) is 0 Å². The van der Waals surface area contributed by atoms with Crippen molar-refractivity contribution in [3.63, 3.8) is 0 Å². The second-order valence-electron chi connectivity index (χ2n) is 2.07. The fraction of sp³-hybridized carbons (Fsp3) is 0.167. The van der Waals surface area contributed by atoms with Crippen LogP contribution in [0.5, 0.6) is 0 Å². The Balaban J connectivity index is 2.99. The lowest BCUT2D eigenvalue weighted by atomic mass is 10.3. The maximum atomic E-state index is 10.6. The van der Waals surface area contributed by atoms with E-state index in [1.807, 2.05) is 0 Å². The lowest BCUT2D eigenvalue weighted by molar-refractivity contribution is -0.389. The number of hydrogen-bond donors (Lipinski definition) is 1. The van der Waals surface area contributed by atoms with Crippen molar-refractivity contribution in [2.45, 2.75) is 6.92 Å². The second kappa shape index (κ2) is 2.53. The molecule has 5 nitrogen and oxygen atoms in total. The maximum Gasteiger partial charge on any atom is 0.321 e. The molecule has 0 saturated heterocycles. The molecule has 0 bridgehead atoms. The summed E-state index contributed by atoms with van der Waals surface area (Å²) in [5.41, 5.74) is 0.261. The molecule has 11 heavy (non-hydrogen) atoms. The highest BCUT2D eigenvalue weighted by Crippen LogP contribution is 2.09. The van der Waals surface area contributed by atoms with Gasteiger partial charge in [-0.1, -0.05) is 0 Å². The number of nitro groups is 1. The highest BCUT2D eigenvalue weighted by Gasteiger charge is 2.10. The zero-order chi connectivity index (χ0) is 8.43. The molecule has 0 spiro atoms. The van der Waals surface area contributed by atoms with Crippen LogP contribution in [0.2, 0.25) is 0 Å². The molecular weight excluding hydrogens is 148 g/mol. The third kappa shape index (κ3) is 1.43. The maximum absolute atomic E-state index is 10.6. The van der Waals surface area contributed by atoms with Crippen LogP contribution in [0.1, 0.15) is 17.4 Å². The summed E-state index contributed by atoms with van der Waals surface area (Å²) in [4.78, 5) is 22.5. The molecule has 5 heteroatoms. The molecule has 1 aromatic heterocycles. The standard InChI is InChI=1S/C6H6N2O3/c1-4(9)5-2-3-6(7-5)8(10)11/h2-3,7H,1H3. The van der Waals surface area contributed by atoms with Crippen LogP contribution < -0.4 is 0 Å². The highest BCUT2D eigenvalue weighted by molar-refractivity contribution is 5.92. The van der Waals surface area contributed by atoms with Gasteiger partial charge < -0.3 is 10.1 Å². The third-order valence-electron chi connectivity index (χ3n) is 1.25. The smallest absolute Gasteiger partial charge is 0.321 e. The van der Waals surface area contributed by atoms with Crippen LogP contribution in [0.25, 0.3) is 0 Å². The van der Waals surface area contributed by atoms with E-state index in [1.54, 1.807) is 0 Å². The number of Topliss-reactive ketones (excluding diaryl/α,β-unsaturated/α-hetero) is 1. The Morgan fingerprint density at radius 3 is 2.55 bits per heavy atom. The monoisotopic (exact) mass is 154 g/mol. The van der Waals surface area contributed by atoms with Gasteiger partial charge in [0.05, 0.1) is 0 Å². The topological polar surface area (TPSA) is 76.0 Å². The predicted molar refractivity (Wildman–Crippen MR) is 37.5 cm³/mol. The molecule has 1 aromatic rings. The molecule has 1 heterocycles. The van der Waals surface area contributed by atoms with Crippen molar-refractivity contribution >= 4 is 11.6 Å². The number of hydrogen-bond acceptors (Lipinski definition) is 3. The van der Waals surface area contributed by atoms with Gasteiger partial charge in [-0.05, 0) is 11.0 Å². The van der Waals surface area contributed by atoms with E-state index in [4.69, 9.17) is 0 Å². The van der Waals surface area contributed by atoms with Crippen LogP contribution in [-0.2, 0) is 0 Å². The number of rotatable bonds is 2. The molecule has 0 saturated carbocycles. The van der Waals surface area contributed by atoms with Gasteiger partial charge in [0.1, 0.15) is 0 Å². The number of carbonyl (C=O) groups excluding carboxylic acids is 1. The summed E-state index contributed by atoms with van der Waals surface area (Å²) < 4.78 is 0. The van der Waals surface area contributed by atoms with Crippen LogP contribution in [0.3, 0.4) is 0 Å². The van der Waals surface area contributed by atoms with Crippen molar-refractivity contribution in [2.24, 2.45) is 0 Å². The summed E-state index contributed by atoms with van der Waals surface area (Å²) in [5, 5.41) is 10.1. The number of nitrogens with zero attached hydrogens (tertiary/aromatic N) is 1. The van der Waals surface area contributed by atoms with Crippen LogP contribution in [0, 0.1) is 10.1 Å². The van der Waals surface area contributed by atoms with Crippen molar-refractivity contribution in [1.82, 2.24) is 4.98 Å². The van der Waals surface area contributed by atoms with Gasteiger partial charge in [-0.3, -0.25) is 4.79 Å². The molecule has 0 aliphatic carbocycles. The summed E-state index contributed by atoms with van der Waals surface area (Å²) >= 11 is 0. The number of aromatic nitrogens is 1. The fourth-order valence-electron chi connectivity index (χ4n) is 0.695. The zero-order valence-corrected chi connectivity index (χ0v) is 5.83. The van der Waals surface area contributed by atoms with Crippen molar-refractivity contribution in [3.8, 4) is 0 Å². The molecule has 0 unspecified atom stereocenters. The van der Waals surface area contributed by atoms with Gasteiger partial charge in [0.25, 0.3) is 0 Å². The second-order valence-corrected chi connectivity index (χ2v) is 2.07. The summed E-state index contributed by atoms with van der Waals surface area (Å²) in [6, 6.07) is 2.65. The van der Waals surface area contributed by atoms with Gasteiger partial charge >= 0.3 is 5.82 Å². The van der Waals surface area contributed by atoms with E-state index in [2.05, 4.69) is 4.98 Å². The SMILES string of the molecule is CC(=O)c1ccc([N+](=O)[O-])[nH]1. The largest absolute Gasteiger partial charge is 0.358 e. The minimum Gasteiger partial charge on any atom is -0.358 e. The molecule has 0 aromatic carbocycles. The van der Waals surface area contributed by atoms with E-state index >= 15 is 0 Å². The van der Waals surface area contributed by atoms with Crippen LogP contribution in [0.15, 0.2) is 12.1 Å². The van der Waals surface area contributed by atoms with E-state index < -0.39 is 4.92 Å². The first kappa shape index (κ1) is 7.46. The molecule has 58 valence electrons. The first-order valence-corrected chi connectivity index (χ1v) is 2.95. The van der Waals surface area contributed by atoms with Crippen LogP contribution in [0.4, 0.5) is 5.82 Å². The van der Waals surface area contributed by atoms with Crippen LogP contribution >= 0.6 is 0 Å². The van der Waals surface area contributed by atoms with Crippen LogP contribution in [-0.4, -0.2) is 15.7 Å². The molecule has 0 fully saturated rings. The highest BCUT2D eigenvalue weighted by atomic mass is 16.6. The van der Waals surface area contributed by atoms with E-state index in [0.29, 0.717) is 0 Å². The number of nitrogens with one attached hydrogen (secondary N) is 1. The molecule has 0 aliphatic rings. The van der Waals surface area contributed by atoms with E-state index in [1.165, 1.54) is 19.1 Å². The van der Waals surface area contributed by atoms with Crippen molar-refractivity contribution in [2.75, 3.05) is 0 Å². The Morgan fingerprint density at radius 2 is 2.27 bits per heavy atom. The minimum atomic E-state index is -0.577. The Hall–Kier alpha value is -1.65. The van der Waals surface area contributed by atoms with Gasteiger partial charge in [0, 0.05) is 13.0 Å². The summed E-state index contributed by atoms with van der Waals surface area (Å²) in [6.45, 7) is 1.34. The first-order valence-electron chi connectivity index (χ1n) is 2.95. The summed E-state index contributed by atoms with van der Waals surface area (Å²) in [5.74, 6) is -0.367. The molecular formula is C6H6N2O3. The van der Waals surface area contributed by atoms with Gasteiger partial charge in [-0.15, -0.1) is 0 Å². The number of ketones is 1. The Kier molecular flexibility index (Phi) is 1.72. The summed E-state index contributed by atoms with van der Waals surface area (Å²) in [7, 11) is 0. The van der Waals surface area contributed by atoms with Crippen molar-refractivity contribution in [1.29, 1.82) is 0 Å². The first-order chi connectivity index (χ1) is 5.11. The van der Waals surface area contributed by atoms with E-state index in [-0.39, 0.29) is 17.3 Å². The lowest BCUT2D eigenvalue weighted by Gasteiger charge is -1.86. The Labute approximate surface area is 62.2 Å². The lowest BCUT2D eigenvalue weighted by Crippen LogP contribution is -1.93. The van der Waals surface area contributed by atoms with Crippen molar-refractivity contribution in [3.05, 3.63) is 27.9 Å². The summed E-state index contributed by atoms with van der Waals surface area (Å²) in [6.07, 6.45) is 0. The average Bonchev–Trinajstić information content (AvgIpc) is 2.33. The van der Waals surface area contributed by atoms with Crippen molar-refractivity contribution < 1.29 is 9.72 Å². The molecule has 1 N–H and O–H groups in total. The molecule has 0 atom stereocenters. The van der Waals surface area contributed by atoms with E-state index in [0.717, 1.165) is 0 Å². The number of H-pyrrole nitrogens is 1. The van der Waals surface area contributed by atoms with Gasteiger partial charge in [0.15, 0.2) is 11.5 Å². The quantitative estimate of drug-likeness (QED) is 0.394. The zero-order valence-electron chi connectivity index (χ0n) is 5.83. The predicted octanol–water partition coefficient (Wildman–Crippen LogP) is 1.13. The normalized spacial score (nSPS) is 9.55.